The summed E-state index contributed by atoms with van der Waals surface area (Å²) < 4.78 is 17.7. The average molecular weight is 212 g/mol. The van der Waals surface area contributed by atoms with Crippen molar-refractivity contribution in [3.05, 3.63) is 24.1 Å². The Balaban J connectivity index is 2.32. The molecule has 1 heterocycles. The molecule has 15 heavy (non-hydrogen) atoms. The minimum Gasteiger partial charge on any atom is -0.466 e. The predicted molar refractivity (Wildman–Crippen MR) is 53.9 cm³/mol. The van der Waals surface area contributed by atoms with Crippen molar-refractivity contribution >= 4 is 11.8 Å². The molecule has 1 aromatic heterocycles. The molecule has 0 aromatic carbocycles. The highest BCUT2D eigenvalue weighted by Crippen LogP contribution is 2.07. The quantitative estimate of drug-likeness (QED) is 0.753. The van der Waals surface area contributed by atoms with Crippen LogP contribution in [0.25, 0.3) is 0 Å². The molecule has 0 fully saturated rings. The van der Waals surface area contributed by atoms with E-state index in [1.807, 2.05) is 0 Å². The van der Waals surface area contributed by atoms with Crippen molar-refractivity contribution in [1.82, 2.24) is 4.98 Å². The average Bonchev–Trinajstić information content (AvgIpc) is 2.21. The van der Waals surface area contributed by atoms with Crippen LogP contribution in [0.15, 0.2) is 18.3 Å². The van der Waals surface area contributed by atoms with Crippen molar-refractivity contribution in [2.24, 2.45) is 0 Å². The molecule has 0 aliphatic heterocycles. The van der Waals surface area contributed by atoms with Gasteiger partial charge in [0.15, 0.2) is 11.6 Å². The van der Waals surface area contributed by atoms with Gasteiger partial charge in [-0.15, -0.1) is 0 Å². The van der Waals surface area contributed by atoms with Crippen molar-refractivity contribution in [2.45, 2.75) is 13.3 Å². The lowest BCUT2D eigenvalue weighted by atomic mass is 10.4. The molecule has 0 saturated heterocycles. The van der Waals surface area contributed by atoms with Gasteiger partial charge in [-0.2, -0.15) is 0 Å². The third-order valence-electron chi connectivity index (χ3n) is 1.69. The summed E-state index contributed by atoms with van der Waals surface area (Å²) in [5, 5.41) is 2.72. The number of rotatable bonds is 5. The van der Waals surface area contributed by atoms with Crippen LogP contribution in [0.1, 0.15) is 13.3 Å². The Kier molecular flexibility index (Phi) is 4.53. The molecule has 0 saturated carbocycles. The van der Waals surface area contributed by atoms with Crippen LogP contribution in [-0.2, 0) is 9.53 Å². The van der Waals surface area contributed by atoms with Crippen molar-refractivity contribution in [2.75, 3.05) is 18.5 Å². The van der Waals surface area contributed by atoms with E-state index in [1.54, 1.807) is 6.92 Å². The van der Waals surface area contributed by atoms with E-state index >= 15 is 0 Å². The zero-order valence-corrected chi connectivity index (χ0v) is 8.50. The molecule has 1 aromatic rings. The molecule has 0 radical (unpaired) electrons. The number of esters is 1. The summed E-state index contributed by atoms with van der Waals surface area (Å²) in [6, 6.07) is 2.81. The van der Waals surface area contributed by atoms with E-state index in [0.29, 0.717) is 13.2 Å². The monoisotopic (exact) mass is 212 g/mol. The van der Waals surface area contributed by atoms with E-state index < -0.39 is 5.82 Å². The number of pyridine rings is 1. The molecule has 0 spiro atoms. The lowest BCUT2D eigenvalue weighted by Crippen LogP contribution is -2.12. The lowest BCUT2D eigenvalue weighted by molar-refractivity contribution is -0.142. The van der Waals surface area contributed by atoms with E-state index in [0.717, 1.165) is 0 Å². The van der Waals surface area contributed by atoms with Crippen molar-refractivity contribution in [1.29, 1.82) is 0 Å². The second-order valence-electron chi connectivity index (χ2n) is 2.82. The van der Waals surface area contributed by atoms with E-state index in [2.05, 4.69) is 10.3 Å². The topological polar surface area (TPSA) is 51.2 Å². The van der Waals surface area contributed by atoms with Crippen molar-refractivity contribution < 1.29 is 13.9 Å². The number of hydrogen-bond acceptors (Lipinski definition) is 4. The number of halogens is 1. The Morgan fingerprint density at radius 1 is 1.67 bits per heavy atom. The van der Waals surface area contributed by atoms with Gasteiger partial charge in [0, 0.05) is 12.7 Å². The molecule has 0 atom stereocenters. The number of nitrogens with one attached hydrogen (secondary N) is 1. The number of ether oxygens (including phenoxy) is 1. The van der Waals surface area contributed by atoms with Gasteiger partial charge < -0.3 is 10.1 Å². The first-order valence-corrected chi connectivity index (χ1v) is 4.74. The van der Waals surface area contributed by atoms with Gasteiger partial charge in [0.25, 0.3) is 0 Å². The summed E-state index contributed by atoms with van der Waals surface area (Å²) in [6.45, 7) is 2.41. The SMILES string of the molecule is CCOC(=O)CCNc1ncccc1F. The zero-order chi connectivity index (χ0) is 11.1. The maximum absolute atomic E-state index is 13.0. The van der Waals surface area contributed by atoms with Crippen LogP contribution in [0, 0.1) is 5.82 Å². The summed E-state index contributed by atoms with van der Waals surface area (Å²) in [6.07, 6.45) is 1.68. The zero-order valence-electron chi connectivity index (χ0n) is 8.50. The number of carbonyl (C=O) groups is 1. The molecule has 1 rings (SSSR count). The number of nitrogens with zero attached hydrogens (tertiary/aromatic N) is 1. The Labute approximate surface area is 87.5 Å². The van der Waals surface area contributed by atoms with Gasteiger partial charge in [0.1, 0.15) is 0 Å². The standard InChI is InChI=1S/C10H13FN2O2/c1-2-15-9(14)5-7-13-10-8(11)4-3-6-12-10/h3-4,6H,2,5,7H2,1H3,(H,12,13). The van der Waals surface area contributed by atoms with Crippen LogP contribution in [-0.4, -0.2) is 24.1 Å². The molecule has 1 N–H and O–H groups in total. The Hall–Kier alpha value is -1.65. The fraction of sp³-hybridized carbons (Fsp3) is 0.400. The van der Waals surface area contributed by atoms with Crippen molar-refractivity contribution in [3.63, 3.8) is 0 Å². The van der Waals surface area contributed by atoms with Crippen LogP contribution in [0.2, 0.25) is 0 Å². The molecular formula is C10H13FN2O2. The summed E-state index contributed by atoms with van der Waals surface area (Å²) >= 11 is 0. The van der Waals surface area contributed by atoms with Crippen LogP contribution >= 0.6 is 0 Å². The van der Waals surface area contributed by atoms with Gasteiger partial charge in [-0.25, -0.2) is 9.37 Å². The first-order chi connectivity index (χ1) is 7.24. The summed E-state index contributed by atoms with van der Waals surface area (Å²) in [7, 11) is 0. The molecule has 0 bridgehead atoms. The summed E-state index contributed by atoms with van der Waals surface area (Å²) in [4.78, 5) is 14.7. The number of hydrogen-bond donors (Lipinski definition) is 1. The lowest BCUT2D eigenvalue weighted by Gasteiger charge is -2.05. The molecular weight excluding hydrogens is 199 g/mol. The van der Waals surface area contributed by atoms with E-state index in [4.69, 9.17) is 4.74 Å². The summed E-state index contributed by atoms with van der Waals surface area (Å²) in [5.41, 5.74) is 0. The molecule has 0 unspecified atom stereocenters. The van der Waals surface area contributed by atoms with Gasteiger partial charge in [0.05, 0.1) is 13.0 Å². The molecule has 0 aliphatic carbocycles. The fourth-order valence-electron chi connectivity index (χ4n) is 1.03. The highest BCUT2D eigenvalue weighted by molar-refractivity contribution is 5.69. The van der Waals surface area contributed by atoms with E-state index in [9.17, 15) is 9.18 Å². The minimum atomic E-state index is -0.429. The Morgan fingerprint density at radius 2 is 2.47 bits per heavy atom. The minimum absolute atomic E-state index is 0.154. The molecule has 5 heteroatoms. The third kappa shape index (κ3) is 3.93. The number of carbonyl (C=O) groups excluding carboxylic acids is 1. The number of aromatic nitrogens is 1. The van der Waals surface area contributed by atoms with Crippen LogP contribution in [0.3, 0.4) is 0 Å². The highest BCUT2D eigenvalue weighted by Gasteiger charge is 2.03. The van der Waals surface area contributed by atoms with Gasteiger partial charge in [-0.05, 0) is 19.1 Å². The fourth-order valence-corrected chi connectivity index (χ4v) is 1.03. The molecule has 4 nitrogen and oxygen atoms in total. The van der Waals surface area contributed by atoms with Gasteiger partial charge in [0.2, 0.25) is 0 Å². The Morgan fingerprint density at radius 3 is 3.13 bits per heavy atom. The van der Waals surface area contributed by atoms with Gasteiger partial charge >= 0.3 is 5.97 Å². The second-order valence-corrected chi connectivity index (χ2v) is 2.82. The smallest absolute Gasteiger partial charge is 0.307 e. The van der Waals surface area contributed by atoms with E-state index in [-0.39, 0.29) is 18.2 Å². The Bertz CT molecular complexity index is 331. The largest absolute Gasteiger partial charge is 0.466 e. The van der Waals surface area contributed by atoms with Gasteiger partial charge in [-0.1, -0.05) is 0 Å². The molecule has 82 valence electrons. The summed E-state index contributed by atoms with van der Waals surface area (Å²) in [5.74, 6) is -0.579. The van der Waals surface area contributed by atoms with Gasteiger partial charge in [-0.3, -0.25) is 4.79 Å². The second kappa shape index (κ2) is 5.95. The van der Waals surface area contributed by atoms with Crippen LogP contribution in [0.5, 0.6) is 0 Å². The third-order valence-corrected chi connectivity index (χ3v) is 1.69. The normalized spacial score (nSPS) is 9.73. The number of anilines is 1. The molecule has 0 amide bonds. The molecule has 0 aliphatic rings. The maximum atomic E-state index is 13.0. The van der Waals surface area contributed by atoms with Crippen molar-refractivity contribution in [3.8, 4) is 0 Å². The first-order valence-electron chi connectivity index (χ1n) is 4.74. The predicted octanol–water partition coefficient (Wildman–Crippen LogP) is 1.59. The van der Waals surface area contributed by atoms with E-state index in [1.165, 1.54) is 18.3 Å². The van der Waals surface area contributed by atoms with Crippen LogP contribution in [0.4, 0.5) is 10.2 Å². The highest BCUT2D eigenvalue weighted by atomic mass is 19.1. The maximum Gasteiger partial charge on any atom is 0.307 e. The first kappa shape index (κ1) is 11.4. The van der Waals surface area contributed by atoms with Crippen LogP contribution < -0.4 is 5.32 Å².